The molecule has 0 aliphatic carbocycles. The van der Waals surface area contributed by atoms with Crippen molar-refractivity contribution in [2.24, 2.45) is 11.8 Å². The van der Waals surface area contributed by atoms with Crippen molar-refractivity contribution in [2.75, 3.05) is 31.1 Å². The van der Waals surface area contributed by atoms with E-state index in [-0.39, 0.29) is 6.54 Å². The zero-order valence-corrected chi connectivity index (χ0v) is 24.1. The quantitative estimate of drug-likeness (QED) is 0.389. The lowest BCUT2D eigenvalue weighted by atomic mass is 10.00. The first-order chi connectivity index (χ1) is 18.2. The fraction of sp³-hybridized carbons (Fsp3) is 0.548. The Hall–Kier alpha value is -2.73. The Kier molecular flexibility index (Phi) is 11.3. The summed E-state index contributed by atoms with van der Waals surface area (Å²) in [4.78, 5) is 28.1. The molecule has 0 fully saturated rings. The van der Waals surface area contributed by atoms with Gasteiger partial charge in [-0.2, -0.15) is 0 Å². The molecular weight excluding hydrogens is 500 g/mol. The predicted molar refractivity (Wildman–Crippen MR) is 155 cm³/mol. The average molecular weight is 543 g/mol. The minimum Gasteiger partial charge on any atom is -0.493 e. The highest BCUT2D eigenvalue weighted by Gasteiger charge is 2.24. The summed E-state index contributed by atoms with van der Waals surface area (Å²) in [6, 6.07) is 11.9. The van der Waals surface area contributed by atoms with Gasteiger partial charge < -0.3 is 19.6 Å². The molecule has 1 amide bonds. The molecule has 0 saturated carbocycles. The average Bonchev–Trinajstić information content (AvgIpc) is 2.88. The minimum absolute atomic E-state index is 0.264. The third-order valence-electron chi connectivity index (χ3n) is 6.78. The number of ether oxygens (including phenoxy) is 1. The summed E-state index contributed by atoms with van der Waals surface area (Å²) < 4.78 is 5.97. The number of carboxylic acids is 1. The van der Waals surface area contributed by atoms with E-state index in [4.69, 9.17) is 16.3 Å². The summed E-state index contributed by atoms with van der Waals surface area (Å²) in [7, 11) is 0. The van der Waals surface area contributed by atoms with E-state index in [0.717, 1.165) is 79.7 Å². The maximum Gasteiger partial charge on any atom is 0.394 e. The minimum atomic E-state index is -1.41. The fourth-order valence-electron chi connectivity index (χ4n) is 4.89. The molecule has 1 aliphatic heterocycles. The summed E-state index contributed by atoms with van der Waals surface area (Å²) in [6.07, 6.45) is 6.30. The van der Waals surface area contributed by atoms with Gasteiger partial charge in [-0.1, -0.05) is 77.1 Å². The van der Waals surface area contributed by atoms with E-state index in [1.54, 1.807) is 0 Å². The summed E-state index contributed by atoms with van der Waals surface area (Å²) in [5, 5.41) is 10.1. The second kappa shape index (κ2) is 14.4. The predicted octanol–water partition coefficient (Wildman–Crippen LogP) is 7.27. The molecule has 0 unspecified atom stereocenters. The molecule has 2 aromatic carbocycles. The van der Waals surface area contributed by atoms with E-state index in [0.29, 0.717) is 30.0 Å². The number of rotatable bonds is 6. The van der Waals surface area contributed by atoms with E-state index < -0.39 is 11.9 Å². The number of hydrogen-bond acceptors (Lipinski definition) is 4. The molecule has 0 saturated heterocycles. The maximum atomic E-state index is 12.6. The normalized spacial score (nSPS) is 15.4. The van der Waals surface area contributed by atoms with Crippen LogP contribution < -0.4 is 9.64 Å². The van der Waals surface area contributed by atoms with Crippen LogP contribution in [0.4, 0.5) is 5.69 Å². The molecule has 1 heterocycles. The Labute approximate surface area is 232 Å². The molecule has 208 valence electrons. The summed E-state index contributed by atoms with van der Waals surface area (Å²) in [5.41, 5.74) is 3.84. The first kappa shape index (κ1) is 29.8. The van der Waals surface area contributed by atoms with E-state index in [1.165, 1.54) is 4.90 Å². The Bertz CT molecular complexity index is 1090. The molecule has 2 aromatic rings. The van der Waals surface area contributed by atoms with Gasteiger partial charge in [0.2, 0.25) is 0 Å². The molecule has 0 spiro atoms. The van der Waals surface area contributed by atoms with Crippen LogP contribution in [-0.4, -0.2) is 48.1 Å². The number of hydrogen-bond donors (Lipinski definition) is 1. The Morgan fingerprint density at radius 3 is 2.26 bits per heavy atom. The van der Waals surface area contributed by atoms with E-state index in [2.05, 4.69) is 38.7 Å². The molecular formula is C31H43ClN2O4. The number of anilines is 1. The van der Waals surface area contributed by atoms with Gasteiger partial charge in [-0.15, -0.1) is 0 Å². The molecule has 38 heavy (non-hydrogen) atoms. The largest absolute Gasteiger partial charge is 0.493 e. The van der Waals surface area contributed by atoms with Crippen molar-refractivity contribution in [3.8, 4) is 16.9 Å². The standard InChI is InChI=1S/C31H43ClN2O4/c1-22(2)19-33-15-9-7-5-6-8-10-16-34(30(35)31(36)37)20-25-12-11-24(17-29(25)33)27-18-26(13-14-28(27)32)38-21-23(3)4/h11-14,17-18,22-23H,5-10,15-16,19-21H2,1-4H3,(H,36,37). The molecule has 0 radical (unpaired) electrons. The number of fused-ring (bicyclic) bond motifs is 1. The molecule has 1 N–H and O–H groups in total. The smallest absolute Gasteiger partial charge is 0.394 e. The van der Waals surface area contributed by atoms with Crippen LogP contribution in [0, 0.1) is 11.8 Å². The number of carboxylic acid groups (broad SMARTS) is 1. The van der Waals surface area contributed by atoms with Crippen LogP contribution in [-0.2, 0) is 16.1 Å². The number of amides is 1. The fourth-order valence-corrected chi connectivity index (χ4v) is 5.12. The second-order valence-electron chi connectivity index (χ2n) is 11.2. The van der Waals surface area contributed by atoms with Gasteiger partial charge in [0, 0.05) is 42.5 Å². The summed E-state index contributed by atoms with van der Waals surface area (Å²) >= 11 is 6.67. The van der Waals surface area contributed by atoms with Crippen LogP contribution in [0.15, 0.2) is 36.4 Å². The third kappa shape index (κ3) is 8.65. The van der Waals surface area contributed by atoms with Crippen molar-refractivity contribution in [3.05, 3.63) is 47.0 Å². The van der Waals surface area contributed by atoms with Crippen molar-refractivity contribution >= 4 is 29.2 Å². The van der Waals surface area contributed by atoms with Crippen molar-refractivity contribution in [1.82, 2.24) is 4.90 Å². The maximum absolute atomic E-state index is 12.6. The number of halogens is 1. The molecule has 1 aliphatic rings. The SMILES string of the molecule is CC(C)COc1ccc(Cl)c(-c2ccc3c(c2)N(CC(C)C)CCCCCCCCN(C(=O)C(=O)O)C3)c1. The van der Waals surface area contributed by atoms with E-state index >= 15 is 0 Å². The third-order valence-corrected chi connectivity index (χ3v) is 7.11. The van der Waals surface area contributed by atoms with Crippen LogP contribution in [0.3, 0.4) is 0 Å². The van der Waals surface area contributed by atoms with Crippen LogP contribution in [0.2, 0.25) is 5.02 Å². The Balaban J connectivity index is 2.08. The van der Waals surface area contributed by atoms with Gasteiger partial charge in [0.05, 0.1) is 6.61 Å². The van der Waals surface area contributed by atoms with Gasteiger partial charge in [-0.25, -0.2) is 4.79 Å². The zero-order chi connectivity index (χ0) is 27.7. The number of carbonyl (C=O) groups excluding carboxylic acids is 1. The van der Waals surface area contributed by atoms with Crippen LogP contribution in [0.25, 0.3) is 11.1 Å². The molecule has 3 rings (SSSR count). The number of carbonyl (C=O) groups is 2. The molecule has 0 atom stereocenters. The highest BCUT2D eigenvalue weighted by atomic mass is 35.5. The summed E-state index contributed by atoms with van der Waals surface area (Å²) in [6.45, 7) is 11.8. The van der Waals surface area contributed by atoms with Gasteiger partial charge in [0.1, 0.15) is 5.75 Å². The van der Waals surface area contributed by atoms with Crippen LogP contribution >= 0.6 is 11.6 Å². The van der Waals surface area contributed by atoms with Crippen molar-refractivity contribution in [2.45, 2.75) is 72.8 Å². The van der Waals surface area contributed by atoms with Gasteiger partial charge in [0.15, 0.2) is 0 Å². The highest BCUT2D eigenvalue weighted by Crippen LogP contribution is 2.36. The van der Waals surface area contributed by atoms with E-state index in [9.17, 15) is 14.7 Å². The Morgan fingerprint density at radius 2 is 1.61 bits per heavy atom. The lowest BCUT2D eigenvalue weighted by molar-refractivity contribution is -0.156. The molecule has 0 bridgehead atoms. The van der Waals surface area contributed by atoms with Gasteiger partial charge in [0.25, 0.3) is 0 Å². The molecule has 7 heteroatoms. The van der Waals surface area contributed by atoms with E-state index in [1.807, 2.05) is 30.3 Å². The number of aliphatic carboxylic acids is 1. The number of benzene rings is 2. The summed E-state index contributed by atoms with van der Waals surface area (Å²) in [5.74, 6) is -0.619. The van der Waals surface area contributed by atoms with Gasteiger partial charge in [-0.3, -0.25) is 4.79 Å². The highest BCUT2D eigenvalue weighted by molar-refractivity contribution is 6.33. The first-order valence-corrected chi connectivity index (χ1v) is 14.4. The van der Waals surface area contributed by atoms with Crippen LogP contribution in [0.5, 0.6) is 5.75 Å². The lowest BCUT2D eigenvalue weighted by Crippen LogP contribution is -2.37. The van der Waals surface area contributed by atoms with Crippen molar-refractivity contribution in [1.29, 1.82) is 0 Å². The van der Waals surface area contributed by atoms with Crippen molar-refractivity contribution in [3.63, 3.8) is 0 Å². The van der Waals surface area contributed by atoms with Gasteiger partial charge >= 0.3 is 11.9 Å². The monoisotopic (exact) mass is 542 g/mol. The lowest BCUT2D eigenvalue weighted by Gasteiger charge is -2.31. The van der Waals surface area contributed by atoms with Crippen molar-refractivity contribution < 1.29 is 19.4 Å². The number of nitrogens with zero attached hydrogens (tertiary/aromatic N) is 2. The zero-order valence-electron chi connectivity index (χ0n) is 23.3. The first-order valence-electron chi connectivity index (χ1n) is 14.0. The van der Waals surface area contributed by atoms with Crippen LogP contribution in [0.1, 0.15) is 71.8 Å². The Morgan fingerprint density at radius 1 is 0.921 bits per heavy atom. The molecule has 0 aromatic heterocycles. The second-order valence-corrected chi connectivity index (χ2v) is 11.6. The van der Waals surface area contributed by atoms with Gasteiger partial charge in [-0.05, 0) is 60.1 Å². The topological polar surface area (TPSA) is 70.1 Å². The molecule has 6 nitrogen and oxygen atoms in total.